The minimum Gasteiger partial charge on any atom is -0.310 e. The van der Waals surface area contributed by atoms with Crippen LogP contribution >= 0.6 is 0 Å². The summed E-state index contributed by atoms with van der Waals surface area (Å²) in [6.45, 7) is 8.62. The molecule has 0 spiro atoms. The maximum absolute atomic E-state index is 2.51. The first kappa shape index (κ1) is 47.2. The van der Waals surface area contributed by atoms with Crippen molar-refractivity contribution in [3.8, 4) is 0 Å². The Balaban J connectivity index is 1.08. The smallest absolute Gasteiger partial charge is 0.0547 e. The van der Waals surface area contributed by atoms with Gasteiger partial charge in [-0.15, -0.1) is 0 Å². The van der Waals surface area contributed by atoms with Crippen LogP contribution in [-0.2, 0) is 0 Å². The summed E-state index contributed by atoms with van der Waals surface area (Å²) < 4.78 is 0. The molecular formula is C78H56N2. The van der Waals surface area contributed by atoms with Gasteiger partial charge in [-0.25, -0.2) is 0 Å². The number of benzene rings is 15. The van der Waals surface area contributed by atoms with E-state index in [1.165, 1.54) is 120 Å². The van der Waals surface area contributed by atoms with E-state index in [-0.39, 0.29) is 0 Å². The fourth-order valence-electron chi connectivity index (χ4n) is 12.8. The summed E-state index contributed by atoms with van der Waals surface area (Å²) in [5.74, 6) is 0. The van der Waals surface area contributed by atoms with Crippen molar-refractivity contribution in [2.24, 2.45) is 0 Å². The van der Waals surface area contributed by atoms with Crippen molar-refractivity contribution in [2.75, 3.05) is 9.80 Å². The van der Waals surface area contributed by atoms with Gasteiger partial charge >= 0.3 is 0 Å². The normalized spacial score (nSPS) is 12.2. The highest BCUT2D eigenvalue weighted by atomic mass is 15.2. The second-order valence-corrected chi connectivity index (χ2v) is 21.9. The molecule has 0 amide bonds. The molecule has 15 aromatic rings. The van der Waals surface area contributed by atoms with Gasteiger partial charge in [0.2, 0.25) is 0 Å². The number of hydrogen-bond donors (Lipinski definition) is 0. The number of anilines is 6. The monoisotopic (exact) mass is 1020 g/mol. The third-order valence-corrected chi connectivity index (χ3v) is 16.8. The third-order valence-electron chi connectivity index (χ3n) is 16.8. The van der Waals surface area contributed by atoms with Crippen molar-refractivity contribution in [3.63, 3.8) is 0 Å². The summed E-state index contributed by atoms with van der Waals surface area (Å²) in [6, 6.07) is 91.1. The number of nitrogens with zero attached hydrogens (tertiary/aromatic N) is 2. The minimum atomic E-state index is 1.09. The molecule has 0 fully saturated rings. The highest BCUT2D eigenvalue weighted by molar-refractivity contribution is 6.50. The molecule has 0 saturated heterocycles. The van der Waals surface area contributed by atoms with E-state index in [9.17, 15) is 0 Å². The predicted molar refractivity (Wildman–Crippen MR) is 348 cm³/mol. The molecule has 0 aliphatic heterocycles. The van der Waals surface area contributed by atoms with Crippen LogP contribution in [0.1, 0.15) is 44.5 Å². The maximum atomic E-state index is 2.51. The van der Waals surface area contributed by atoms with E-state index in [2.05, 4.69) is 304 Å². The van der Waals surface area contributed by atoms with Gasteiger partial charge < -0.3 is 9.80 Å². The van der Waals surface area contributed by atoms with Crippen LogP contribution in [0.25, 0.3) is 110 Å². The fourth-order valence-corrected chi connectivity index (χ4v) is 12.8. The van der Waals surface area contributed by atoms with Crippen molar-refractivity contribution in [1.29, 1.82) is 0 Å². The molecule has 0 aliphatic rings. The average molecular weight is 1020 g/mol. The number of rotatable bonds is 10. The Hall–Kier alpha value is -10.0. The zero-order valence-corrected chi connectivity index (χ0v) is 45.3. The lowest BCUT2D eigenvalue weighted by Gasteiger charge is -2.32. The summed E-state index contributed by atoms with van der Waals surface area (Å²) in [7, 11) is 0. The Morgan fingerprint density at radius 3 is 0.787 bits per heavy atom. The van der Waals surface area contributed by atoms with Gasteiger partial charge in [-0.2, -0.15) is 0 Å². The first-order chi connectivity index (χ1) is 39.3. The Labute approximate surface area is 466 Å². The molecule has 0 saturated carbocycles. The molecule has 0 atom stereocenters. The van der Waals surface area contributed by atoms with Crippen molar-refractivity contribution < 1.29 is 0 Å². The largest absolute Gasteiger partial charge is 0.310 e. The van der Waals surface area contributed by atoms with E-state index < -0.39 is 0 Å². The number of aryl methyl sites for hydroxylation is 4. The Morgan fingerprint density at radius 2 is 0.463 bits per heavy atom. The molecule has 0 aromatic heterocycles. The lowest BCUT2D eigenvalue weighted by Crippen LogP contribution is -2.12. The summed E-state index contributed by atoms with van der Waals surface area (Å²) in [5, 5.41) is 20.1. The van der Waals surface area contributed by atoms with Crippen LogP contribution in [0.4, 0.5) is 34.1 Å². The third kappa shape index (κ3) is 7.78. The molecule has 2 heteroatoms. The molecule has 2 nitrogen and oxygen atoms in total. The molecule has 0 aliphatic carbocycles. The van der Waals surface area contributed by atoms with E-state index in [1.54, 1.807) is 0 Å². The second kappa shape index (κ2) is 18.9. The standard InChI is InChI=1S/C78H56N2/c1-49-17-25-53(26-18-49)29-31-55-33-41-61(42-34-55)79(59-37-21-51(3)22-38-59)69-47-45-65-63-13-5-10-58-12-8-16-68(72(58)63)76-73(65)77(69)75-67-15-7-11-57-9-6-14-64(71(57)67)66-46-48-70(78(76)74(66)75)80(60-39-23-52(4)24-40-60)62-43-35-56(36-44-62)32-30-54-27-19-50(2)20-28-54/h5-48H,1-4H3/b31-29+,32-30+. The molecule has 378 valence electrons. The Kier molecular flexibility index (Phi) is 11.1. The molecule has 0 radical (unpaired) electrons. The van der Waals surface area contributed by atoms with Crippen LogP contribution < -0.4 is 9.80 Å². The van der Waals surface area contributed by atoms with Crippen LogP contribution in [0.15, 0.2) is 243 Å². The Morgan fingerprint density at radius 1 is 0.212 bits per heavy atom. The van der Waals surface area contributed by atoms with E-state index in [0.717, 1.165) is 45.3 Å². The van der Waals surface area contributed by atoms with Gasteiger partial charge in [0.15, 0.2) is 0 Å². The minimum absolute atomic E-state index is 1.09. The van der Waals surface area contributed by atoms with Gasteiger partial charge in [-0.3, -0.25) is 0 Å². The first-order valence-corrected chi connectivity index (χ1v) is 27.9. The second-order valence-electron chi connectivity index (χ2n) is 21.9. The average Bonchev–Trinajstić information content (AvgIpc) is 3.56. The topological polar surface area (TPSA) is 6.48 Å². The van der Waals surface area contributed by atoms with Crippen molar-refractivity contribution in [3.05, 3.63) is 287 Å². The molecule has 80 heavy (non-hydrogen) atoms. The van der Waals surface area contributed by atoms with E-state index >= 15 is 0 Å². The van der Waals surface area contributed by atoms with Gasteiger partial charge in [-0.05, 0) is 164 Å². The van der Waals surface area contributed by atoms with Crippen molar-refractivity contribution >= 4 is 145 Å². The van der Waals surface area contributed by atoms with Crippen molar-refractivity contribution in [2.45, 2.75) is 27.7 Å². The van der Waals surface area contributed by atoms with Crippen LogP contribution in [0.3, 0.4) is 0 Å². The summed E-state index contributed by atoms with van der Waals surface area (Å²) in [6.07, 6.45) is 8.85. The van der Waals surface area contributed by atoms with E-state index in [1.807, 2.05) is 0 Å². The fraction of sp³-hybridized carbons (Fsp3) is 0.0513. The number of fused-ring (bicyclic) bond motifs is 6. The van der Waals surface area contributed by atoms with Crippen molar-refractivity contribution in [1.82, 2.24) is 0 Å². The molecule has 0 unspecified atom stereocenters. The van der Waals surface area contributed by atoms with Gasteiger partial charge in [0, 0.05) is 55.1 Å². The van der Waals surface area contributed by atoms with Gasteiger partial charge in [-0.1, -0.05) is 229 Å². The zero-order chi connectivity index (χ0) is 53.6. The molecule has 0 N–H and O–H groups in total. The number of hydrogen-bond acceptors (Lipinski definition) is 2. The lowest BCUT2D eigenvalue weighted by molar-refractivity contribution is 1.29. The van der Waals surface area contributed by atoms with E-state index in [0.29, 0.717) is 0 Å². The molecular weight excluding hydrogens is 965 g/mol. The molecule has 15 rings (SSSR count). The summed E-state index contributed by atoms with van der Waals surface area (Å²) in [5.41, 5.74) is 16.3. The highest BCUT2D eigenvalue weighted by Crippen LogP contribution is 2.57. The highest BCUT2D eigenvalue weighted by Gasteiger charge is 2.29. The Bertz CT molecular complexity index is 4590. The maximum Gasteiger partial charge on any atom is 0.0547 e. The quantitative estimate of drug-likeness (QED) is 0.0765. The zero-order valence-electron chi connectivity index (χ0n) is 45.3. The predicted octanol–water partition coefficient (Wildman–Crippen LogP) is 22.3. The van der Waals surface area contributed by atoms with E-state index in [4.69, 9.17) is 0 Å². The van der Waals surface area contributed by atoms with Crippen LogP contribution in [0, 0.1) is 27.7 Å². The van der Waals surface area contributed by atoms with Crippen LogP contribution in [0.5, 0.6) is 0 Å². The molecule has 0 heterocycles. The molecule has 0 bridgehead atoms. The van der Waals surface area contributed by atoms with Gasteiger partial charge in [0.25, 0.3) is 0 Å². The van der Waals surface area contributed by atoms with Gasteiger partial charge in [0.1, 0.15) is 0 Å². The van der Waals surface area contributed by atoms with Gasteiger partial charge in [0.05, 0.1) is 11.4 Å². The van der Waals surface area contributed by atoms with Crippen LogP contribution in [-0.4, -0.2) is 0 Å². The summed E-state index contributed by atoms with van der Waals surface area (Å²) >= 11 is 0. The lowest BCUT2D eigenvalue weighted by atomic mass is 9.80. The molecule has 15 aromatic carbocycles. The SMILES string of the molecule is Cc1ccc(/C=C/c2ccc(N(c3ccc(C)cc3)c3ccc4c5cccc6cccc(c65)c5c6c(N(c7ccc(C)cc7)c7ccc(/C=C/c8ccc(C)cc8)cc7)ccc7c8cccc9cccc(c98)c(c3c45)c76)cc2)cc1. The van der Waals surface area contributed by atoms with Crippen LogP contribution in [0.2, 0.25) is 0 Å². The summed E-state index contributed by atoms with van der Waals surface area (Å²) in [4.78, 5) is 5.02. The first-order valence-electron chi connectivity index (χ1n) is 27.9.